The maximum absolute atomic E-state index is 12.1. The van der Waals surface area contributed by atoms with Gasteiger partial charge in [0, 0.05) is 6.54 Å². The molecule has 1 aromatic carbocycles. The van der Waals surface area contributed by atoms with Crippen molar-refractivity contribution in [3.05, 3.63) is 23.8 Å². The van der Waals surface area contributed by atoms with Crippen LogP contribution in [0.5, 0.6) is 5.75 Å². The predicted octanol–water partition coefficient (Wildman–Crippen LogP) is 1.84. The van der Waals surface area contributed by atoms with Crippen LogP contribution in [0.15, 0.2) is 18.2 Å². The fourth-order valence-corrected chi connectivity index (χ4v) is 2.11. The molecule has 1 unspecified atom stereocenters. The van der Waals surface area contributed by atoms with Crippen LogP contribution in [0.4, 0.5) is 5.69 Å². The van der Waals surface area contributed by atoms with Crippen LogP contribution in [0.3, 0.4) is 0 Å². The fourth-order valence-electron chi connectivity index (χ4n) is 2.11. The van der Waals surface area contributed by atoms with E-state index in [4.69, 9.17) is 9.84 Å². The molecule has 0 saturated carbocycles. The Morgan fingerprint density at radius 3 is 2.84 bits per heavy atom. The number of carbonyl (C=O) groups is 2. The van der Waals surface area contributed by atoms with Crippen molar-refractivity contribution in [2.24, 2.45) is 0 Å². The molecule has 1 aliphatic heterocycles. The van der Waals surface area contributed by atoms with E-state index in [1.165, 1.54) is 4.90 Å². The summed E-state index contributed by atoms with van der Waals surface area (Å²) in [5, 5.41) is 8.78. The van der Waals surface area contributed by atoms with Gasteiger partial charge in [-0.25, -0.2) is 0 Å². The number of aryl methyl sites for hydroxylation is 1. The summed E-state index contributed by atoms with van der Waals surface area (Å²) in [6, 6.07) is 5.68. The smallest absolute Gasteiger partial charge is 0.305 e. The molecule has 102 valence electrons. The minimum Gasteiger partial charge on any atom is -0.481 e. The van der Waals surface area contributed by atoms with E-state index in [1.807, 2.05) is 25.1 Å². The minimum absolute atomic E-state index is 0.0751. The van der Waals surface area contributed by atoms with Gasteiger partial charge in [-0.1, -0.05) is 13.0 Å². The molecule has 0 bridgehead atoms. The van der Waals surface area contributed by atoms with Crippen LogP contribution < -0.4 is 9.64 Å². The number of rotatable bonds is 4. The van der Waals surface area contributed by atoms with E-state index in [0.717, 1.165) is 12.0 Å². The molecule has 2 rings (SSSR count). The highest BCUT2D eigenvalue weighted by atomic mass is 16.5. The monoisotopic (exact) mass is 263 g/mol. The van der Waals surface area contributed by atoms with Crippen molar-refractivity contribution in [3.8, 4) is 5.75 Å². The van der Waals surface area contributed by atoms with E-state index >= 15 is 0 Å². The van der Waals surface area contributed by atoms with Gasteiger partial charge in [0.25, 0.3) is 5.91 Å². The highest BCUT2D eigenvalue weighted by molar-refractivity contribution is 6.00. The maximum atomic E-state index is 12.1. The Kier molecular flexibility index (Phi) is 3.74. The number of carboxylic acids is 1. The Morgan fingerprint density at radius 2 is 2.21 bits per heavy atom. The average Bonchev–Trinajstić information content (AvgIpc) is 2.38. The van der Waals surface area contributed by atoms with Gasteiger partial charge in [0.05, 0.1) is 12.1 Å². The molecular weight excluding hydrogens is 246 g/mol. The standard InChI is InChI=1S/C14H17NO4/c1-3-10-4-5-12-11(8-10)15(7-6-13(16)17)14(18)9(2)19-12/h4-5,8-9H,3,6-7H2,1-2H3,(H,16,17). The van der Waals surface area contributed by atoms with E-state index in [9.17, 15) is 9.59 Å². The summed E-state index contributed by atoms with van der Waals surface area (Å²) >= 11 is 0. The van der Waals surface area contributed by atoms with E-state index in [-0.39, 0.29) is 18.9 Å². The van der Waals surface area contributed by atoms with Gasteiger partial charge in [-0.05, 0) is 31.0 Å². The van der Waals surface area contributed by atoms with Gasteiger partial charge in [0.15, 0.2) is 6.10 Å². The molecule has 0 aliphatic carbocycles. The summed E-state index contributed by atoms with van der Waals surface area (Å²) < 4.78 is 5.54. The van der Waals surface area contributed by atoms with Gasteiger partial charge in [0.1, 0.15) is 5.75 Å². The first-order valence-electron chi connectivity index (χ1n) is 6.35. The third kappa shape index (κ3) is 2.70. The number of benzene rings is 1. The number of amides is 1. The van der Waals surface area contributed by atoms with Gasteiger partial charge in [-0.2, -0.15) is 0 Å². The van der Waals surface area contributed by atoms with E-state index < -0.39 is 12.1 Å². The van der Waals surface area contributed by atoms with Crippen LogP contribution in [0.2, 0.25) is 0 Å². The van der Waals surface area contributed by atoms with Crippen LogP contribution >= 0.6 is 0 Å². The number of carbonyl (C=O) groups excluding carboxylic acids is 1. The third-order valence-corrected chi connectivity index (χ3v) is 3.19. The summed E-state index contributed by atoms with van der Waals surface area (Å²) in [6.07, 6.45) is 0.201. The Morgan fingerprint density at radius 1 is 1.47 bits per heavy atom. The quantitative estimate of drug-likeness (QED) is 0.900. The third-order valence-electron chi connectivity index (χ3n) is 3.19. The van der Waals surface area contributed by atoms with Crippen LogP contribution in [0.1, 0.15) is 25.8 Å². The number of aliphatic carboxylic acids is 1. The molecule has 1 N–H and O–H groups in total. The highest BCUT2D eigenvalue weighted by Crippen LogP contribution is 2.35. The molecule has 19 heavy (non-hydrogen) atoms. The summed E-state index contributed by atoms with van der Waals surface area (Å²) in [4.78, 5) is 24.3. The molecule has 1 amide bonds. The lowest BCUT2D eigenvalue weighted by Gasteiger charge is -2.33. The largest absolute Gasteiger partial charge is 0.481 e. The molecule has 0 aromatic heterocycles. The Bertz CT molecular complexity index is 512. The number of anilines is 1. The second-order valence-corrected chi connectivity index (χ2v) is 4.55. The number of ether oxygens (including phenoxy) is 1. The summed E-state index contributed by atoms with van der Waals surface area (Å²) in [5.41, 5.74) is 1.76. The molecule has 1 atom stereocenters. The molecule has 0 radical (unpaired) electrons. The lowest BCUT2D eigenvalue weighted by molar-refractivity contribution is -0.136. The van der Waals surface area contributed by atoms with Crippen molar-refractivity contribution < 1.29 is 19.4 Å². The molecule has 1 aromatic rings. The molecule has 0 spiro atoms. The van der Waals surface area contributed by atoms with E-state index in [2.05, 4.69) is 0 Å². The molecule has 5 nitrogen and oxygen atoms in total. The first-order valence-corrected chi connectivity index (χ1v) is 6.35. The molecule has 1 heterocycles. The van der Waals surface area contributed by atoms with Crippen molar-refractivity contribution in [2.75, 3.05) is 11.4 Å². The van der Waals surface area contributed by atoms with Crippen LogP contribution in [0, 0.1) is 0 Å². The first kappa shape index (κ1) is 13.4. The van der Waals surface area contributed by atoms with Crippen molar-refractivity contribution in [1.29, 1.82) is 0 Å². The van der Waals surface area contributed by atoms with Crippen molar-refractivity contribution in [3.63, 3.8) is 0 Å². The number of nitrogens with zero attached hydrogens (tertiary/aromatic N) is 1. The minimum atomic E-state index is -0.917. The van der Waals surface area contributed by atoms with Crippen LogP contribution in [-0.4, -0.2) is 29.6 Å². The van der Waals surface area contributed by atoms with Crippen molar-refractivity contribution in [1.82, 2.24) is 0 Å². The number of hydrogen-bond acceptors (Lipinski definition) is 3. The zero-order valence-electron chi connectivity index (χ0n) is 11.0. The number of carboxylic acid groups (broad SMARTS) is 1. The molecular formula is C14H17NO4. The van der Waals surface area contributed by atoms with Crippen LogP contribution in [-0.2, 0) is 16.0 Å². The van der Waals surface area contributed by atoms with E-state index in [1.54, 1.807) is 6.92 Å². The SMILES string of the molecule is CCc1ccc2c(c1)N(CCC(=O)O)C(=O)C(C)O2. The number of fused-ring (bicyclic) bond motifs is 1. The molecule has 0 fully saturated rings. The average molecular weight is 263 g/mol. The highest BCUT2D eigenvalue weighted by Gasteiger charge is 2.31. The normalized spacial score (nSPS) is 17.9. The summed E-state index contributed by atoms with van der Waals surface area (Å²) in [7, 11) is 0. The summed E-state index contributed by atoms with van der Waals surface area (Å²) in [6.45, 7) is 3.87. The first-order chi connectivity index (χ1) is 9.02. The molecule has 5 heteroatoms. The Labute approximate surface area is 111 Å². The lowest BCUT2D eigenvalue weighted by atomic mass is 10.1. The lowest BCUT2D eigenvalue weighted by Crippen LogP contribution is -2.45. The second-order valence-electron chi connectivity index (χ2n) is 4.55. The topological polar surface area (TPSA) is 66.8 Å². The van der Waals surface area contributed by atoms with Gasteiger partial charge in [0.2, 0.25) is 0 Å². The van der Waals surface area contributed by atoms with Crippen LogP contribution in [0.25, 0.3) is 0 Å². The Hall–Kier alpha value is -2.04. The molecule has 0 saturated heterocycles. The van der Waals surface area contributed by atoms with Crippen molar-refractivity contribution in [2.45, 2.75) is 32.8 Å². The van der Waals surface area contributed by atoms with Gasteiger partial charge in [-0.15, -0.1) is 0 Å². The zero-order chi connectivity index (χ0) is 14.0. The van der Waals surface area contributed by atoms with Gasteiger partial charge >= 0.3 is 5.97 Å². The van der Waals surface area contributed by atoms with Crippen molar-refractivity contribution >= 4 is 17.6 Å². The van der Waals surface area contributed by atoms with E-state index in [0.29, 0.717) is 11.4 Å². The fraction of sp³-hybridized carbons (Fsp3) is 0.429. The Balaban J connectivity index is 2.35. The van der Waals surface area contributed by atoms with Gasteiger partial charge in [-0.3, -0.25) is 9.59 Å². The number of hydrogen-bond donors (Lipinski definition) is 1. The van der Waals surface area contributed by atoms with Gasteiger partial charge < -0.3 is 14.7 Å². The predicted molar refractivity (Wildman–Crippen MR) is 70.5 cm³/mol. The zero-order valence-corrected chi connectivity index (χ0v) is 11.0. The maximum Gasteiger partial charge on any atom is 0.305 e. The molecule has 1 aliphatic rings. The summed E-state index contributed by atoms with van der Waals surface area (Å²) in [5.74, 6) is -0.475. The second kappa shape index (κ2) is 5.30.